The van der Waals surface area contributed by atoms with E-state index in [1.807, 2.05) is 6.07 Å². The number of aromatic hydroxyl groups is 2. The molecule has 2 rings (SSSR count). The van der Waals surface area contributed by atoms with E-state index in [-0.39, 0.29) is 11.5 Å². The van der Waals surface area contributed by atoms with Crippen molar-refractivity contribution < 1.29 is 10.2 Å². The van der Waals surface area contributed by atoms with Crippen molar-refractivity contribution >= 4 is 17.4 Å². The van der Waals surface area contributed by atoms with E-state index in [2.05, 4.69) is 0 Å². The maximum Gasteiger partial charge on any atom is 0.138 e. The molecule has 3 nitrogen and oxygen atoms in total. The Kier molecular flexibility index (Phi) is 2.92. The van der Waals surface area contributed by atoms with Crippen LogP contribution in [0.4, 0.5) is 5.69 Å². The maximum atomic E-state index is 9.31. The summed E-state index contributed by atoms with van der Waals surface area (Å²) in [6, 6.07) is 12.0. The Bertz CT molecular complexity index is 514. The summed E-state index contributed by atoms with van der Waals surface area (Å²) in [6.45, 7) is 0. The van der Waals surface area contributed by atoms with Crippen LogP contribution >= 0.6 is 11.8 Å². The summed E-state index contributed by atoms with van der Waals surface area (Å²) in [5.41, 5.74) is 5.94. The molecule has 0 aromatic heterocycles. The minimum atomic E-state index is 0.0836. The first-order valence-electron chi connectivity index (χ1n) is 4.70. The number of phenolic OH excluding ortho intramolecular Hbond substituents is 2. The van der Waals surface area contributed by atoms with Crippen molar-refractivity contribution in [1.29, 1.82) is 0 Å². The summed E-state index contributed by atoms with van der Waals surface area (Å²) in [4.78, 5) is 1.84. The lowest BCUT2D eigenvalue weighted by Gasteiger charge is -2.04. The highest BCUT2D eigenvalue weighted by atomic mass is 32.2. The van der Waals surface area contributed by atoms with E-state index in [0.29, 0.717) is 5.69 Å². The quantitative estimate of drug-likeness (QED) is 0.551. The van der Waals surface area contributed by atoms with Crippen molar-refractivity contribution in [2.24, 2.45) is 0 Å². The van der Waals surface area contributed by atoms with Gasteiger partial charge in [0.05, 0.1) is 5.69 Å². The predicted octanol–water partition coefficient (Wildman–Crippen LogP) is 2.83. The highest BCUT2D eigenvalue weighted by molar-refractivity contribution is 7.99. The first-order valence-corrected chi connectivity index (χ1v) is 5.52. The topological polar surface area (TPSA) is 66.5 Å². The van der Waals surface area contributed by atoms with Crippen LogP contribution < -0.4 is 5.73 Å². The molecule has 0 heterocycles. The number of anilines is 1. The fraction of sp³-hybridized carbons (Fsp3) is 0. The predicted molar refractivity (Wildman–Crippen MR) is 64.7 cm³/mol. The number of benzene rings is 2. The lowest BCUT2D eigenvalue weighted by molar-refractivity contribution is 0.473. The van der Waals surface area contributed by atoms with Crippen LogP contribution in [0, 0.1) is 0 Å². The summed E-state index contributed by atoms with van der Waals surface area (Å²) in [5, 5.41) is 18.6. The average Bonchev–Trinajstić information content (AvgIpc) is 2.24. The third-order valence-electron chi connectivity index (χ3n) is 2.05. The van der Waals surface area contributed by atoms with Gasteiger partial charge >= 0.3 is 0 Å². The zero-order valence-corrected chi connectivity index (χ0v) is 9.24. The van der Waals surface area contributed by atoms with Crippen LogP contribution in [0.2, 0.25) is 0 Å². The highest BCUT2D eigenvalue weighted by Crippen LogP contribution is 2.33. The molecule has 0 saturated carbocycles. The van der Waals surface area contributed by atoms with Crippen LogP contribution in [0.25, 0.3) is 0 Å². The molecule has 0 saturated heterocycles. The average molecular weight is 233 g/mol. The van der Waals surface area contributed by atoms with Crippen LogP contribution in [-0.4, -0.2) is 10.2 Å². The van der Waals surface area contributed by atoms with Gasteiger partial charge in [-0.15, -0.1) is 0 Å². The summed E-state index contributed by atoms with van der Waals surface area (Å²) in [7, 11) is 0. The first-order chi connectivity index (χ1) is 7.65. The molecule has 0 fully saturated rings. The summed E-state index contributed by atoms with van der Waals surface area (Å²) >= 11 is 1.47. The van der Waals surface area contributed by atoms with Crippen molar-refractivity contribution in [1.82, 2.24) is 0 Å². The van der Waals surface area contributed by atoms with Crippen molar-refractivity contribution in [3.05, 3.63) is 42.5 Å². The van der Waals surface area contributed by atoms with Crippen LogP contribution in [0.1, 0.15) is 0 Å². The van der Waals surface area contributed by atoms with Crippen molar-refractivity contribution in [2.75, 3.05) is 5.73 Å². The van der Waals surface area contributed by atoms with Crippen molar-refractivity contribution in [2.45, 2.75) is 9.79 Å². The Morgan fingerprint density at radius 1 is 0.938 bits per heavy atom. The molecule has 0 spiro atoms. The summed E-state index contributed by atoms with van der Waals surface area (Å²) < 4.78 is 0. The monoisotopic (exact) mass is 233 g/mol. The molecule has 4 heteroatoms. The molecule has 4 N–H and O–H groups in total. The van der Waals surface area contributed by atoms with Crippen LogP contribution in [-0.2, 0) is 0 Å². The Labute approximate surface area is 97.5 Å². The van der Waals surface area contributed by atoms with Crippen molar-refractivity contribution in [3.63, 3.8) is 0 Å². The highest BCUT2D eigenvalue weighted by Gasteiger charge is 2.01. The van der Waals surface area contributed by atoms with Gasteiger partial charge in [0.15, 0.2) is 0 Å². The third-order valence-corrected chi connectivity index (χ3v) is 3.03. The zero-order valence-electron chi connectivity index (χ0n) is 8.42. The molecule has 0 aliphatic heterocycles. The van der Waals surface area contributed by atoms with Gasteiger partial charge in [-0.25, -0.2) is 0 Å². The molecule has 0 amide bonds. The van der Waals surface area contributed by atoms with Gasteiger partial charge in [-0.2, -0.15) is 0 Å². The van der Waals surface area contributed by atoms with Gasteiger partial charge in [-0.1, -0.05) is 17.8 Å². The molecule has 0 aliphatic carbocycles. The Morgan fingerprint density at radius 2 is 1.69 bits per heavy atom. The first kappa shape index (κ1) is 10.7. The van der Waals surface area contributed by atoms with Gasteiger partial charge in [0.2, 0.25) is 0 Å². The smallest absolute Gasteiger partial charge is 0.138 e. The molecule has 2 aromatic carbocycles. The second-order valence-electron chi connectivity index (χ2n) is 3.32. The number of nitrogens with two attached hydrogens (primary N) is 1. The van der Waals surface area contributed by atoms with Gasteiger partial charge in [0, 0.05) is 9.79 Å². The molecule has 82 valence electrons. The number of rotatable bonds is 2. The second kappa shape index (κ2) is 4.37. The molecule has 0 atom stereocenters. The zero-order chi connectivity index (χ0) is 11.5. The fourth-order valence-electron chi connectivity index (χ4n) is 1.28. The molecule has 2 aromatic rings. The van der Waals surface area contributed by atoms with Crippen LogP contribution in [0.3, 0.4) is 0 Å². The molecule has 0 aliphatic rings. The van der Waals surface area contributed by atoms with Gasteiger partial charge < -0.3 is 15.9 Å². The Balaban J connectivity index is 2.24. The van der Waals surface area contributed by atoms with Gasteiger partial charge in [0.1, 0.15) is 11.5 Å². The number of phenols is 2. The van der Waals surface area contributed by atoms with Gasteiger partial charge in [-0.3, -0.25) is 0 Å². The minimum Gasteiger partial charge on any atom is -0.508 e. The largest absolute Gasteiger partial charge is 0.508 e. The molecule has 16 heavy (non-hydrogen) atoms. The molecular weight excluding hydrogens is 222 g/mol. The Hall–Kier alpha value is -1.81. The number of hydrogen-bond acceptors (Lipinski definition) is 4. The summed E-state index contributed by atoms with van der Waals surface area (Å²) in [5.74, 6) is 0.317. The van der Waals surface area contributed by atoms with Crippen molar-refractivity contribution in [3.8, 4) is 11.5 Å². The third kappa shape index (κ3) is 2.41. The van der Waals surface area contributed by atoms with E-state index in [9.17, 15) is 10.2 Å². The van der Waals surface area contributed by atoms with E-state index < -0.39 is 0 Å². The molecule has 0 unspecified atom stereocenters. The van der Waals surface area contributed by atoms with E-state index in [4.69, 9.17) is 5.73 Å². The van der Waals surface area contributed by atoms with E-state index in [0.717, 1.165) is 9.79 Å². The fourth-order valence-corrected chi connectivity index (χ4v) is 2.20. The molecule has 0 radical (unpaired) electrons. The van der Waals surface area contributed by atoms with E-state index in [1.54, 1.807) is 36.4 Å². The summed E-state index contributed by atoms with van der Waals surface area (Å²) in [6.07, 6.45) is 0. The lowest BCUT2D eigenvalue weighted by atomic mass is 10.3. The van der Waals surface area contributed by atoms with Crippen LogP contribution in [0.15, 0.2) is 52.3 Å². The second-order valence-corrected chi connectivity index (χ2v) is 4.47. The van der Waals surface area contributed by atoms with E-state index >= 15 is 0 Å². The van der Waals surface area contributed by atoms with Gasteiger partial charge in [-0.05, 0) is 36.4 Å². The van der Waals surface area contributed by atoms with E-state index in [1.165, 1.54) is 11.8 Å². The Morgan fingerprint density at radius 3 is 2.38 bits per heavy atom. The normalized spacial score (nSPS) is 10.2. The number of hydrogen-bond donors (Lipinski definition) is 3. The SMILES string of the molecule is Nc1cc(Sc2cccc(O)c2)ccc1O. The van der Waals surface area contributed by atoms with Gasteiger partial charge in [0.25, 0.3) is 0 Å². The minimum absolute atomic E-state index is 0.0836. The number of nitrogen functional groups attached to an aromatic ring is 1. The lowest BCUT2D eigenvalue weighted by Crippen LogP contribution is -1.85. The molecular formula is C12H11NO2S. The molecule has 0 bridgehead atoms. The maximum absolute atomic E-state index is 9.31. The standard InChI is InChI=1S/C12H11NO2S/c13-11-7-10(4-5-12(11)15)16-9-3-1-2-8(14)6-9/h1-7,14-15H,13H2. The van der Waals surface area contributed by atoms with Crippen LogP contribution in [0.5, 0.6) is 11.5 Å².